The third kappa shape index (κ3) is 5.91. The maximum absolute atomic E-state index is 13.4. The van der Waals surface area contributed by atoms with E-state index in [4.69, 9.17) is 5.11 Å². The van der Waals surface area contributed by atoms with Crippen molar-refractivity contribution in [2.75, 3.05) is 13.2 Å². The molecule has 116 valence electrons. The van der Waals surface area contributed by atoms with Crippen molar-refractivity contribution in [1.82, 2.24) is 10.6 Å². The first-order valence-electron chi connectivity index (χ1n) is 6.87. The number of benzene rings is 1. The van der Waals surface area contributed by atoms with Crippen LogP contribution in [-0.2, 0) is 4.79 Å². The highest BCUT2D eigenvalue weighted by atomic mass is 19.1. The first-order valence-corrected chi connectivity index (χ1v) is 6.87. The van der Waals surface area contributed by atoms with Crippen LogP contribution < -0.4 is 10.6 Å². The average molecular weight is 296 g/mol. The lowest BCUT2D eigenvalue weighted by molar-refractivity contribution is -0.121. The maximum Gasteiger partial charge on any atom is 0.254 e. The normalized spacial score (nSPS) is 12.0. The van der Waals surface area contributed by atoms with Crippen LogP contribution in [0.25, 0.3) is 0 Å². The van der Waals surface area contributed by atoms with Gasteiger partial charge in [-0.15, -0.1) is 0 Å². The summed E-state index contributed by atoms with van der Waals surface area (Å²) < 4.78 is 13.4. The monoisotopic (exact) mass is 296 g/mol. The third-order valence-electron chi connectivity index (χ3n) is 2.87. The molecule has 0 aliphatic carbocycles. The largest absolute Gasteiger partial charge is 0.394 e. The molecule has 1 rings (SSSR count). The standard InChI is InChI=1S/C15H21FN2O3/c1-10(2)7-11(9-19)18-14(20)8-17-15(21)12-5-3-4-6-13(12)16/h3-6,10-11,19H,7-9H2,1-2H3,(H,17,21)(H,18,20). The van der Waals surface area contributed by atoms with Crippen LogP contribution in [0.2, 0.25) is 0 Å². The number of rotatable bonds is 7. The number of carbonyl (C=O) groups excluding carboxylic acids is 2. The van der Waals surface area contributed by atoms with Crippen molar-refractivity contribution in [2.24, 2.45) is 5.92 Å². The molecular weight excluding hydrogens is 275 g/mol. The molecule has 0 fully saturated rings. The lowest BCUT2D eigenvalue weighted by Gasteiger charge is -2.18. The van der Waals surface area contributed by atoms with Gasteiger partial charge in [-0.1, -0.05) is 26.0 Å². The molecule has 0 saturated heterocycles. The molecule has 0 bridgehead atoms. The zero-order chi connectivity index (χ0) is 15.8. The van der Waals surface area contributed by atoms with Gasteiger partial charge in [-0.25, -0.2) is 4.39 Å². The van der Waals surface area contributed by atoms with Crippen LogP contribution in [0.15, 0.2) is 24.3 Å². The minimum atomic E-state index is -0.646. The fourth-order valence-corrected chi connectivity index (χ4v) is 1.93. The molecule has 1 aromatic carbocycles. The summed E-state index contributed by atoms with van der Waals surface area (Å²) >= 11 is 0. The smallest absolute Gasteiger partial charge is 0.254 e. The van der Waals surface area contributed by atoms with E-state index in [2.05, 4.69) is 10.6 Å². The average Bonchev–Trinajstić information content (AvgIpc) is 2.44. The summed E-state index contributed by atoms with van der Waals surface area (Å²) in [7, 11) is 0. The summed E-state index contributed by atoms with van der Waals surface area (Å²) in [6, 6.07) is 5.21. The van der Waals surface area contributed by atoms with Gasteiger partial charge in [0.15, 0.2) is 0 Å². The van der Waals surface area contributed by atoms with E-state index in [1.807, 2.05) is 13.8 Å². The zero-order valence-electron chi connectivity index (χ0n) is 12.2. The molecule has 2 amide bonds. The highest BCUT2D eigenvalue weighted by Gasteiger charge is 2.15. The van der Waals surface area contributed by atoms with Gasteiger partial charge in [0.1, 0.15) is 5.82 Å². The molecule has 0 spiro atoms. The zero-order valence-corrected chi connectivity index (χ0v) is 12.2. The van der Waals surface area contributed by atoms with E-state index in [0.717, 1.165) is 0 Å². The maximum atomic E-state index is 13.4. The Morgan fingerprint density at radius 2 is 1.95 bits per heavy atom. The Kier molecular flexibility index (Phi) is 6.81. The van der Waals surface area contributed by atoms with Gasteiger partial charge >= 0.3 is 0 Å². The predicted octanol–water partition coefficient (Wildman–Crippen LogP) is 1.08. The molecule has 1 aromatic rings. The molecule has 3 N–H and O–H groups in total. The minimum Gasteiger partial charge on any atom is -0.394 e. The minimum absolute atomic E-state index is 0.105. The summed E-state index contributed by atoms with van der Waals surface area (Å²) in [5.41, 5.74) is -0.105. The summed E-state index contributed by atoms with van der Waals surface area (Å²) in [6.45, 7) is 3.54. The van der Waals surface area contributed by atoms with Gasteiger partial charge in [-0.3, -0.25) is 9.59 Å². The number of amides is 2. The Morgan fingerprint density at radius 3 is 2.52 bits per heavy atom. The second kappa shape index (κ2) is 8.36. The number of aliphatic hydroxyl groups excluding tert-OH is 1. The lowest BCUT2D eigenvalue weighted by Crippen LogP contribution is -2.44. The Labute approximate surface area is 123 Å². The second-order valence-electron chi connectivity index (χ2n) is 5.24. The number of carbonyl (C=O) groups is 2. The quantitative estimate of drug-likeness (QED) is 0.704. The number of aliphatic hydroxyl groups is 1. The van der Waals surface area contributed by atoms with Crippen LogP contribution in [0.1, 0.15) is 30.6 Å². The number of halogens is 1. The van der Waals surface area contributed by atoms with Crippen LogP contribution in [-0.4, -0.2) is 36.1 Å². The van der Waals surface area contributed by atoms with Crippen LogP contribution in [0.3, 0.4) is 0 Å². The lowest BCUT2D eigenvalue weighted by atomic mass is 10.0. The van der Waals surface area contributed by atoms with Gasteiger partial charge in [0.05, 0.1) is 24.8 Å². The third-order valence-corrected chi connectivity index (χ3v) is 2.87. The van der Waals surface area contributed by atoms with Crippen molar-refractivity contribution in [3.05, 3.63) is 35.6 Å². The predicted molar refractivity (Wildman–Crippen MR) is 77.2 cm³/mol. The number of hydrogen-bond acceptors (Lipinski definition) is 3. The molecule has 0 radical (unpaired) electrons. The van der Waals surface area contributed by atoms with Gasteiger partial charge in [-0.2, -0.15) is 0 Å². The number of hydrogen-bond donors (Lipinski definition) is 3. The highest BCUT2D eigenvalue weighted by Crippen LogP contribution is 2.06. The topological polar surface area (TPSA) is 78.4 Å². The molecular formula is C15H21FN2O3. The molecule has 0 heterocycles. The van der Waals surface area contributed by atoms with Gasteiger partial charge in [0.25, 0.3) is 5.91 Å². The molecule has 0 aromatic heterocycles. The molecule has 6 heteroatoms. The highest BCUT2D eigenvalue weighted by molar-refractivity contribution is 5.96. The van der Waals surface area contributed by atoms with Crippen molar-refractivity contribution in [3.63, 3.8) is 0 Å². The summed E-state index contributed by atoms with van der Waals surface area (Å²) in [5, 5.41) is 14.1. The van der Waals surface area contributed by atoms with E-state index in [9.17, 15) is 14.0 Å². The van der Waals surface area contributed by atoms with Crippen molar-refractivity contribution in [3.8, 4) is 0 Å². The first kappa shape index (κ1) is 17.1. The summed E-state index contributed by atoms with van der Waals surface area (Å²) in [4.78, 5) is 23.4. The van der Waals surface area contributed by atoms with E-state index in [1.165, 1.54) is 18.2 Å². The fourth-order valence-electron chi connectivity index (χ4n) is 1.93. The molecule has 21 heavy (non-hydrogen) atoms. The van der Waals surface area contributed by atoms with Crippen molar-refractivity contribution in [1.29, 1.82) is 0 Å². The van der Waals surface area contributed by atoms with E-state index in [-0.39, 0.29) is 24.8 Å². The molecule has 1 unspecified atom stereocenters. The Bertz CT molecular complexity index is 492. The van der Waals surface area contributed by atoms with Crippen molar-refractivity contribution < 1.29 is 19.1 Å². The Morgan fingerprint density at radius 1 is 1.29 bits per heavy atom. The van der Waals surface area contributed by atoms with Gasteiger partial charge in [0.2, 0.25) is 5.91 Å². The van der Waals surface area contributed by atoms with E-state index < -0.39 is 17.6 Å². The van der Waals surface area contributed by atoms with E-state index >= 15 is 0 Å². The SMILES string of the molecule is CC(C)CC(CO)NC(=O)CNC(=O)c1ccccc1F. The molecule has 0 saturated carbocycles. The molecule has 1 atom stereocenters. The van der Waals surface area contributed by atoms with E-state index in [1.54, 1.807) is 6.07 Å². The van der Waals surface area contributed by atoms with Crippen molar-refractivity contribution >= 4 is 11.8 Å². The Balaban J connectivity index is 2.46. The van der Waals surface area contributed by atoms with Crippen LogP contribution in [0.5, 0.6) is 0 Å². The second-order valence-corrected chi connectivity index (χ2v) is 5.24. The van der Waals surface area contributed by atoms with Crippen LogP contribution in [0.4, 0.5) is 4.39 Å². The van der Waals surface area contributed by atoms with Crippen molar-refractivity contribution in [2.45, 2.75) is 26.3 Å². The van der Waals surface area contributed by atoms with Gasteiger partial charge in [-0.05, 0) is 24.5 Å². The molecule has 5 nitrogen and oxygen atoms in total. The van der Waals surface area contributed by atoms with Crippen LogP contribution >= 0.6 is 0 Å². The molecule has 0 aliphatic heterocycles. The van der Waals surface area contributed by atoms with E-state index in [0.29, 0.717) is 12.3 Å². The van der Waals surface area contributed by atoms with Crippen LogP contribution in [0, 0.1) is 11.7 Å². The fraction of sp³-hybridized carbons (Fsp3) is 0.467. The number of nitrogens with one attached hydrogen (secondary N) is 2. The first-order chi connectivity index (χ1) is 9.93. The van der Waals surface area contributed by atoms with Gasteiger partial charge < -0.3 is 15.7 Å². The van der Waals surface area contributed by atoms with Gasteiger partial charge in [0, 0.05) is 0 Å². The Hall–Kier alpha value is -1.95. The summed E-state index contributed by atoms with van der Waals surface area (Å²) in [5.74, 6) is -1.37. The molecule has 0 aliphatic rings. The summed E-state index contributed by atoms with van der Waals surface area (Å²) in [6.07, 6.45) is 0.642.